The Morgan fingerprint density at radius 2 is 0.599 bits per heavy atom. The maximum absolute atomic E-state index is 6.70. The van der Waals surface area contributed by atoms with Crippen molar-refractivity contribution in [3.05, 3.63) is 563 Å². The highest BCUT2D eigenvalue weighted by Crippen LogP contribution is 2.60. The fourth-order valence-corrected chi connectivity index (χ4v) is 23.9. The molecule has 0 saturated carbocycles. The van der Waals surface area contributed by atoms with Crippen LogP contribution in [0.15, 0.2) is 474 Å². The molecule has 0 aliphatic heterocycles. The van der Waals surface area contributed by atoms with Crippen molar-refractivity contribution in [2.75, 3.05) is 23.0 Å². The van der Waals surface area contributed by atoms with Gasteiger partial charge in [0, 0.05) is 83.3 Å². The van der Waals surface area contributed by atoms with Crippen molar-refractivity contribution < 1.29 is 18.9 Å². The Hall–Kier alpha value is -17.4. The van der Waals surface area contributed by atoms with E-state index >= 15 is 0 Å². The van der Waals surface area contributed by atoms with Crippen LogP contribution in [0.1, 0.15) is 116 Å². The maximum atomic E-state index is 6.70. The monoisotopic (exact) mass is 1900 g/mol. The van der Waals surface area contributed by atoms with Gasteiger partial charge in [0.25, 0.3) is 0 Å². The minimum Gasteiger partial charge on any atom is -0.494 e. The molecule has 0 N–H and O–H groups in total. The van der Waals surface area contributed by atoms with Crippen molar-refractivity contribution in [1.29, 1.82) is 0 Å². The number of anilines is 6. The second kappa shape index (κ2) is 38.0. The number of hydrogen-bond donors (Lipinski definition) is 0. The summed E-state index contributed by atoms with van der Waals surface area (Å²) in [6, 6.07) is 170. The molecule has 2 unspecified atom stereocenters. The number of para-hydroxylation sites is 2. The van der Waals surface area contributed by atoms with E-state index in [4.69, 9.17) is 18.9 Å². The summed E-state index contributed by atoms with van der Waals surface area (Å²) in [6.45, 7) is 19.9. The van der Waals surface area contributed by atoms with E-state index in [9.17, 15) is 0 Å². The van der Waals surface area contributed by atoms with Crippen LogP contribution in [0.2, 0.25) is 0 Å². The first-order valence-electron chi connectivity index (χ1n) is 51.2. The topological polar surface area (TPSA) is 53.3 Å². The van der Waals surface area contributed by atoms with E-state index in [1.807, 2.05) is 36.4 Å². The quantitative estimate of drug-likeness (QED) is 0.0447. The van der Waals surface area contributed by atoms with Gasteiger partial charge in [-0.2, -0.15) is 0 Å². The molecule has 3 aliphatic carbocycles. The summed E-state index contributed by atoms with van der Waals surface area (Å²) in [5.41, 5.74) is 43.3. The molecule has 0 spiro atoms. The Kier molecular flexibility index (Phi) is 23.5. The molecule has 2 heterocycles. The molecule has 3 aliphatic rings. The fourth-order valence-electron chi connectivity index (χ4n) is 23.9. The molecule has 0 radical (unpaired) electrons. The van der Waals surface area contributed by atoms with Gasteiger partial charge < -0.3 is 37.9 Å². The molecule has 25 rings (SSSR count). The number of hydrogen-bond acceptors (Lipinski definition) is 6. The summed E-state index contributed by atoms with van der Waals surface area (Å²) in [5.74, 6) is 1.68. The maximum Gasteiger partial charge on any atom is 0.119 e. The van der Waals surface area contributed by atoms with E-state index in [-0.39, 0.29) is 5.41 Å². The Morgan fingerprint density at radius 3 is 1.01 bits per heavy atom. The third kappa shape index (κ3) is 16.4. The first-order valence-corrected chi connectivity index (χ1v) is 51.2. The first kappa shape index (κ1) is 90.8. The van der Waals surface area contributed by atoms with Gasteiger partial charge in [-0.25, -0.2) is 0 Å². The largest absolute Gasteiger partial charge is 0.494 e. The SMILES string of the molecule is C=Cc1ccc(OCCC2(c3ccccc3)c3ccccc3-c3ccc(N(c4ccc(-c5cccc(C)c5)cc4)c4ccc5c(c4)c4ccccc4n5-c4ccc(COCc5ccc6c(c5)C(C)(C)c5cc(COCc7ccc(-n8c9ccccc9c9cc(N(c%10ccc(-c%11cccc(C)c%11)cc%10)c%10ccc%11c(c%10)C(CCOc%10ccc(C=C)cc%10)(c%10ccccc%10)c%10ccccc%10-%11)ccc98)cc7)ccc5-6)cc4)cc32)cc1. The molecule has 710 valence electrons. The van der Waals surface area contributed by atoms with Gasteiger partial charge in [-0.3, -0.25) is 0 Å². The van der Waals surface area contributed by atoms with E-state index in [1.165, 1.54) is 133 Å². The fraction of sp³-hybridized carbons (Fsp3) is 0.108. The Labute approximate surface area is 859 Å². The molecular weight excluding hydrogens is 1790 g/mol. The summed E-state index contributed by atoms with van der Waals surface area (Å²) in [7, 11) is 0. The van der Waals surface area contributed by atoms with E-state index in [0.717, 1.165) is 125 Å². The molecule has 0 amide bonds. The predicted octanol–water partition coefficient (Wildman–Crippen LogP) is 35.4. The van der Waals surface area contributed by atoms with Crippen LogP contribution in [0.5, 0.6) is 11.5 Å². The van der Waals surface area contributed by atoms with Gasteiger partial charge in [-0.1, -0.05) is 366 Å². The van der Waals surface area contributed by atoms with Crippen molar-refractivity contribution in [3.8, 4) is 78.5 Å². The summed E-state index contributed by atoms with van der Waals surface area (Å²) < 4.78 is 31.5. The zero-order valence-corrected chi connectivity index (χ0v) is 83.0. The zero-order valence-electron chi connectivity index (χ0n) is 83.0. The van der Waals surface area contributed by atoms with Crippen molar-refractivity contribution in [2.45, 2.75) is 83.2 Å². The molecule has 2 atom stereocenters. The summed E-state index contributed by atoms with van der Waals surface area (Å²) >= 11 is 0. The second-order valence-electron chi connectivity index (χ2n) is 40.2. The standard InChI is InChI=1S/C139H110N4O4/c1-7-95-45-67-115(68-46-95)146-79-77-138(105-29-11-9-12-30-105)127-37-19-15-33-117(127)121-73-63-113(87-131(121)138)140(107-59-51-101(52-60-107)103-27-23-25-93(3)81-103)111-65-75-135-125(85-111)123-35-17-21-39-133(123)142(135)109-55-41-97(42-56-109)89-144-91-99-49-71-119-120-72-50-100(84-130(120)137(5,6)129(119)83-99)92-145-90-98-43-57-110(58-44-98)143-134-40-22-18-36-124(134)126-86-112(66-76-136(126)143)141(108-61-53-102(54-62-108)104-28-24-26-94(4)82-104)114-64-74-122-118-34-16-20-38-128(118)139(132(122)88-114,106-31-13-10-14-32-106)78-80-147-116-69-47-96(8-2)48-70-116/h7-76,81-88H,1-2,77-80,89-92H2,3-6H3. The molecule has 2 aromatic heterocycles. The van der Waals surface area contributed by atoms with E-state index in [0.29, 0.717) is 39.6 Å². The molecule has 0 saturated heterocycles. The van der Waals surface area contributed by atoms with Gasteiger partial charge in [0.15, 0.2) is 0 Å². The van der Waals surface area contributed by atoms with Gasteiger partial charge in [0.05, 0.1) is 61.7 Å². The van der Waals surface area contributed by atoms with Crippen LogP contribution in [-0.2, 0) is 52.1 Å². The number of benzene rings is 20. The summed E-state index contributed by atoms with van der Waals surface area (Å²) in [6.07, 6.45) is 5.18. The van der Waals surface area contributed by atoms with Crippen molar-refractivity contribution in [1.82, 2.24) is 9.13 Å². The highest BCUT2D eigenvalue weighted by molar-refractivity contribution is 6.12. The highest BCUT2D eigenvalue weighted by atomic mass is 16.5. The molecule has 0 bridgehead atoms. The minimum absolute atomic E-state index is 0.236. The molecule has 20 aromatic carbocycles. The average molecular weight is 1900 g/mol. The van der Waals surface area contributed by atoms with Crippen LogP contribution >= 0.6 is 0 Å². The number of fused-ring (bicyclic) bond motifs is 15. The summed E-state index contributed by atoms with van der Waals surface area (Å²) in [5, 5.41) is 4.69. The van der Waals surface area contributed by atoms with Crippen LogP contribution < -0.4 is 19.3 Å². The third-order valence-corrected chi connectivity index (χ3v) is 31.1. The molecular formula is C139H110N4O4. The van der Waals surface area contributed by atoms with Crippen molar-refractivity contribution >= 4 is 89.9 Å². The third-order valence-electron chi connectivity index (χ3n) is 31.1. The lowest BCUT2D eigenvalue weighted by atomic mass is 9.70. The molecule has 0 fully saturated rings. The van der Waals surface area contributed by atoms with E-state index in [1.54, 1.807) is 0 Å². The molecule has 8 heteroatoms. The number of ether oxygens (including phenoxy) is 4. The Bertz CT molecular complexity index is 8290. The lowest BCUT2D eigenvalue weighted by Crippen LogP contribution is -2.29. The molecule has 8 nitrogen and oxygen atoms in total. The van der Waals surface area contributed by atoms with Crippen LogP contribution in [-0.4, -0.2) is 22.3 Å². The van der Waals surface area contributed by atoms with Crippen LogP contribution in [0.4, 0.5) is 34.1 Å². The number of rotatable bonds is 30. The number of nitrogens with zero attached hydrogens (tertiary/aromatic N) is 4. The van der Waals surface area contributed by atoms with E-state index < -0.39 is 10.8 Å². The molecule has 22 aromatic rings. The van der Waals surface area contributed by atoms with Gasteiger partial charge >= 0.3 is 0 Å². The average Bonchev–Trinajstić information content (AvgIpc) is 1.55. The van der Waals surface area contributed by atoms with Gasteiger partial charge in [-0.05, 0) is 306 Å². The number of aromatic nitrogens is 2. The van der Waals surface area contributed by atoms with Gasteiger partial charge in [-0.15, -0.1) is 0 Å². The van der Waals surface area contributed by atoms with Crippen molar-refractivity contribution in [2.24, 2.45) is 0 Å². The molecule has 147 heavy (non-hydrogen) atoms. The Balaban J connectivity index is 0.449. The van der Waals surface area contributed by atoms with Crippen LogP contribution in [0.25, 0.3) is 123 Å². The lowest BCUT2D eigenvalue weighted by molar-refractivity contribution is 0.107. The summed E-state index contributed by atoms with van der Waals surface area (Å²) in [4.78, 5) is 4.90. The van der Waals surface area contributed by atoms with Gasteiger partial charge in [0.2, 0.25) is 0 Å². The predicted molar refractivity (Wildman–Crippen MR) is 609 cm³/mol. The van der Waals surface area contributed by atoms with E-state index in [2.05, 4.69) is 497 Å². The van der Waals surface area contributed by atoms with Crippen molar-refractivity contribution in [3.63, 3.8) is 0 Å². The second-order valence-corrected chi connectivity index (χ2v) is 40.2. The van der Waals surface area contributed by atoms with Crippen LogP contribution in [0, 0.1) is 13.8 Å². The lowest BCUT2D eigenvalue weighted by Gasteiger charge is -2.34. The van der Waals surface area contributed by atoms with Gasteiger partial charge in [0.1, 0.15) is 11.5 Å². The normalized spacial score (nSPS) is 14.4. The number of aryl methyl sites for hydroxylation is 2. The smallest absolute Gasteiger partial charge is 0.119 e. The highest BCUT2D eigenvalue weighted by Gasteiger charge is 2.47. The first-order chi connectivity index (χ1) is 72.3. The Morgan fingerprint density at radius 1 is 0.259 bits per heavy atom. The minimum atomic E-state index is -0.520. The zero-order chi connectivity index (χ0) is 98.9. The van der Waals surface area contributed by atoms with Crippen LogP contribution in [0.3, 0.4) is 0 Å².